The van der Waals surface area contributed by atoms with Gasteiger partial charge in [-0.1, -0.05) is 25.1 Å². The second kappa shape index (κ2) is 6.39. The van der Waals surface area contributed by atoms with Gasteiger partial charge in [0.15, 0.2) is 0 Å². The van der Waals surface area contributed by atoms with Gasteiger partial charge in [0.2, 0.25) is 15.9 Å². The van der Waals surface area contributed by atoms with E-state index in [9.17, 15) is 13.2 Å². The first kappa shape index (κ1) is 14.5. The van der Waals surface area contributed by atoms with Crippen molar-refractivity contribution >= 4 is 21.6 Å². The first-order valence-electron chi connectivity index (χ1n) is 5.74. The van der Waals surface area contributed by atoms with E-state index in [1.54, 1.807) is 24.3 Å². The van der Waals surface area contributed by atoms with Gasteiger partial charge in [-0.15, -0.1) is 0 Å². The van der Waals surface area contributed by atoms with Crippen LogP contribution in [0.3, 0.4) is 0 Å². The maximum absolute atomic E-state index is 11.4. The van der Waals surface area contributed by atoms with Crippen LogP contribution in [0.1, 0.15) is 25.3 Å². The second-order valence-corrected chi connectivity index (χ2v) is 5.81. The van der Waals surface area contributed by atoms with Gasteiger partial charge in [-0.05, 0) is 18.1 Å². The molecule has 0 aromatic heterocycles. The van der Waals surface area contributed by atoms with Gasteiger partial charge in [0, 0.05) is 13.0 Å². The van der Waals surface area contributed by atoms with Gasteiger partial charge in [-0.25, -0.2) is 8.42 Å². The minimum atomic E-state index is -3.31. The Morgan fingerprint density at radius 2 is 1.94 bits per heavy atom. The van der Waals surface area contributed by atoms with Gasteiger partial charge in [0.05, 0.1) is 11.9 Å². The molecule has 1 amide bonds. The molecule has 0 unspecified atom stereocenters. The zero-order valence-electron chi connectivity index (χ0n) is 10.6. The van der Waals surface area contributed by atoms with Crippen LogP contribution in [0.5, 0.6) is 0 Å². The van der Waals surface area contributed by atoms with E-state index in [-0.39, 0.29) is 5.91 Å². The van der Waals surface area contributed by atoms with Crippen LogP contribution < -0.4 is 10.0 Å². The number of rotatable bonds is 6. The van der Waals surface area contributed by atoms with Gasteiger partial charge >= 0.3 is 0 Å². The molecular weight excluding hydrogens is 252 g/mol. The number of para-hydroxylation sites is 1. The minimum absolute atomic E-state index is 0.0355. The summed E-state index contributed by atoms with van der Waals surface area (Å²) in [5.74, 6) is -0.0355. The third-order valence-corrected chi connectivity index (χ3v) is 2.86. The van der Waals surface area contributed by atoms with E-state index < -0.39 is 10.0 Å². The minimum Gasteiger partial charge on any atom is -0.352 e. The smallest absolute Gasteiger partial charge is 0.229 e. The molecular formula is C12H18N2O3S. The van der Waals surface area contributed by atoms with Crippen molar-refractivity contribution in [1.82, 2.24) is 5.32 Å². The van der Waals surface area contributed by atoms with Gasteiger partial charge in [0.25, 0.3) is 0 Å². The average molecular weight is 270 g/mol. The maximum atomic E-state index is 11.4. The maximum Gasteiger partial charge on any atom is 0.229 e. The molecule has 2 N–H and O–H groups in total. The monoisotopic (exact) mass is 270 g/mol. The van der Waals surface area contributed by atoms with Crippen LogP contribution in [0.25, 0.3) is 0 Å². The number of nitrogens with one attached hydrogen (secondary N) is 2. The zero-order chi connectivity index (χ0) is 13.6. The van der Waals surface area contributed by atoms with Crippen molar-refractivity contribution in [3.63, 3.8) is 0 Å². The van der Waals surface area contributed by atoms with Gasteiger partial charge in [0.1, 0.15) is 0 Å². The molecule has 1 aromatic rings. The molecule has 6 heteroatoms. The lowest BCUT2D eigenvalue weighted by Crippen LogP contribution is -2.23. The number of hydrogen-bond donors (Lipinski definition) is 2. The second-order valence-electron chi connectivity index (χ2n) is 4.06. The normalized spacial score (nSPS) is 11.0. The van der Waals surface area contributed by atoms with E-state index in [1.807, 2.05) is 6.92 Å². The Hall–Kier alpha value is -1.56. The largest absolute Gasteiger partial charge is 0.352 e. The van der Waals surface area contributed by atoms with Crippen LogP contribution in [-0.2, 0) is 21.4 Å². The van der Waals surface area contributed by atoms with Gasteiger partial charge < -0.3 is 5.32 Å². The third kappa shape index (κ3) is 5.18. The fourth-order valence-corrected chi connectivity index (χ4v) is 2.08. The number of anilines is 1. The summed E-state index contributed by atoms with van der Waals surface area (Å²) in [6.07, 6.45) is 2.36. The predicted molar refractivity (Wildman–Crippen MR) is 71.7 cm³/mol. The molecule has 0 heterocycles. The topological polar surface area (TPSA) is 75.3 Å². The quantitative estimate of drug-likeness (QED) is 0.822. The van der Waals surface area contributed by atoms with E-state index in [2.05, 4.69) is 10.0 Å². The lowest BCUT2D eigenvalue weighted by molar-refractivity contribution is -0.121. The van der Waals surface area contributed by atoms with Crippen molar-refractivity contribution in [2.45, 2.75) is 26.3 Å². The average Bonchev–Trinajstić information content (AvgIpc) is 2.26. The van der Waals surface area contributed by atoms with Crippen LogP contribution in [-0.4, -0.2) is 20.6 Å². The van der Waals surface area contributed by atoms with E-state index in [0.29, 0.717) is 18.7 Å². The van der Waals surface area contributed by atoms with Crippen molar-refractivity contribution in [2.75, 3.05) is 11.0 Å². The molecule has 5 nitrogen and oxygen atoms in total. The molecule has 0 radical (unpaired) electrons. The molecule has 0 saturated heterocycles. The Balaban J connectivity index is 2.73. The van der Waals surface area contributed by atoms with E-state index in [1.165, 1.54) is 0 Å². The Labute approximate surface area is 108 Å². The fraction of sp³-hybridized carbons (Fsp3) is 0.417. The van der Waals surface area contributed by atoms with Gasteiger partial charge in [-0.2, -0.15) is 0 Å². The molecule has 0 atom stereocenters. The molecule has 1 rings (SSSR count). The molecule has 0 aliphatic heterocycles. The molecule has 0 fully saturated rings. The Morgan fingerprint density at radius 1 is 1.28 bits per heavy atom. The summed E-state index contributed by atoms with van der Waals surface area (Å²) in [4.78, 5) is 11.4. The first-order valence-corrected chi connectivity index (χ1v) is 7.64. The summed E-state index contributed by atoms with van der Waals surface area (Å²) in [5, 5.41) is 2.75. The fourth-order valence-electron chi connectivity index (χ4n) is 1.48. The van der Waals surface area contributed by atoms with Crippen molar-refractivity contribution in [2.24, 2.45) is 0 Å². The number of hydrogen-bond acceptors (Lipinski definition) is 3. The predicted octanol–water partition coefficient (Wildman–Crippen LogP) is 1.47. The Morgan fingerprint density at radius 3 is 2.56 bits per heavy atom. The highest BCUT2D eigenvalue weighted by molar-refractivity contribution is 7.92. The van der Waals surface area contributed by atoms with Crippen LogP contribution in [0, 0.1) is 0 Å². The number of carbonyl (C=O) groups is 1. The molecule has 0 saturated carbocycles. The SMILES string of the molecule is CCCC(=O)NCc1ccccc1NS(C)(=O)=O. The number of sulfonamides is 1. The molecule has 100 valence electrons. The highest BCUT2D eigenvalue weighted by atomic mass is 32.2. The molecule has 0 aliphatic carbocycles. The lowest BCUT2D eigenvalue weighted by atomic mass is 10.2. The van der Waals surface area contributed by atoms with Crippen molar-refractivity contribution in [3.05, 3.63) is 29.8 Å². The number of benzene rings is 1. The summed E-state index contributed by atoms with van der Waals surface area (Å²) < 4.78 is 24.8. The van der Waals surface area contributed by atoms with Crippen LogP contribution in [0.2, 0.25) is 0 Å². The summed E-state index contributed by atoms with van der Waals surface area (Å²) in [6.45, 7) is 2.25. The highest BCUT2D eigenvalue weighted by Crippen LogP contribution is 2.15. The summed E-state index contributed by atoms with van der Waals surface area (Å²) in [5.41, 5.74) is 1.24. The van der Waals surface area contributed by atoms with E-state index in [4.69, 9.17) is 0 Å². The summed E-state index contributed by atoms with van der Waals surface area (Å²) >= 11 is 0. The van der Waals surface area contributed by atoms with Crippen LogP contribution in [0.4, 0.5) is 5.69 Å². The molecule has 1 aromatic carbocycles. The Kier molecular flexibility index (Phi) is 5.15. The molecule has 0 spiro atoms. The van der Waals surface area contributed by atoms with Crippen molar-refractivity contribution < 1.29 is 13.2 Å². The van der Waals surface area contributed by atoms with Gasteiger partial charge in [-0.3, -0.25) is 9.52 Å². The third-order valence-electron chi connectivity index (χ3n) is 2.27. The van der Waals surface area contributed by atoms with Crippen LogP contribution >= 0.6 is 0 Å². The van der Waals surface area contributed by atoms with Crippen molar-refractivity contribution in [1.29, 1.82) is 0 Å². The molecule has 18 heavy (non-hydrogen) atoms. The summed E-state index contributed by atoms with van der Waals surface area (Å²) in [6, 6.07) is 6.99. The first-order chi connectivity index (χ1) is 8.42. The molecule has 0 aliphatic rings. The van der Waals surface area contributed by atoms with E-state index >= 15 is 0 Å². The highest BCUT2D eigenvalue weighted by Gasteiger charge is 2.07. The number of amides is 1. The van der Waals surface area contributed by atoms with Crippen molar-refractivity contribution in [3.8, 4) is 0 Å². The van der Waals surface area contributed by atoms with E-state index in [0.717, 1.165) is 18.2 Å². The standard InChI is InChI=1S/C12H18N2O3S/c1-3-6-12(15)13-9-10-7-4-5-8-11(10)14-18(2,16)17/h4-5,7-8,14H,3,6,9H2,1-2H3,(H,13,15). The molecule has 0 bridgehead atoms. The Bertz CT molecular complexity index is 512. The van der Waals surface area contributed by atoms with Crippen LogP contribution in [0.15, 0.2) is 24.3 Å². The lowest BCUT2D eigenvalue weighted by Gasteiger charge is -2.11. The summed E-state index contributed by atoms with van der Waals surface area (Å²) in [7, 11) is -3.31. The number of carbonyl (C=O) groups excluding carboxylic acids is 1. The zero-order valence-corrected chi connectivity index (χ0v) is 11.4.